The topological polar surface area (TPSA) is 62.5 Å². The number of rotatable bonds is 4. The maximum Gasteiger partial charge on any atom is 0.223 e. The molecule has 0 unspecified atom stereocenters. The molecule has 4 heteroatoms. The Balaban J connectivity index is 3.33. The van der Waals surface area contributed by atoms with Crippen LogP contribution in [0.25, 0.3) is 0 Å². The van der Waals surface area contributed by atoms with Gasteiger partial charge >= 0.3 is 0 Å². The van der Waals surface area contributed by atoms with Gasteiger partial charge in [0.1, 0.15) is 0 Å². The first-order valence-corrected chi connectivity index (χ1v) is 5.56. The molecule has 0 fully saturated rings. The smallest absolute Gasteiger partial charge is 0.223 e. The quantitative estimate of drug-likeness (QED) is 0.812. The van der Waals surface area contributed by atoms with Gasteiger partial charge in [-0.05, 0) is 12.3 Å². The second kappa shape index (κ2) is 5.16. The normalized spacial score (nSPS) is 13.1. The maximum absolute atomic E-state index is 11.3. The number of aliphatic hydroxyl groups is 1. The molecule has 1 aromatic heterocycles. The molecule has 0 radical (unpaired) electrons. The van der Waals surface area contributed by atoms with Crippen molar-refractivity contribution >= 4 is 0 Å². The van der Waals surface area contributed by atoms with Crippen LogP contribution >= 0.6 is 0 Å². The van der Waals surface area contributed by atoms with Crippen molar-refractivity contribution in [1.29, 1.82) is 0 Å². The molecule has 1 rings (SSSR count). The summed E-state index contributed by atoms with van der Waals surface area (Å²) in [6, 6.07) is 1.22. The number of aliphatic hydroxyl groups excluding tert-OH is 1. The molecule has 4 nitrogen and oxygen atoms in total. The van der Waals surface area contributed by atoms with Crippen molar-refractivity contribution in [3.05, 3.63) is 28.2 Å². The number of nitrogens with zero attached hydrogens (tertiary/aromatic N) is 1. The van der Waals surface area contributed by atoms with Gasteiger partial charge in [0, 0.05) is 12.3 Å². The zero-order valence-electron chi connectivity index (χ0n) is 9.97. The maximum atomic E-state index is 11.3. The highest BCUT2D eigenvalue weighted by Crippen LogP contribution is 2.22. The van der Waals surface area contributed by atoms with E-state index < -0.39 is 0 Å². The highest BCUT2D eigenvalue weighted by molar-refractivity contribution is 5.27. The third-order valence-corrected chi connectivity index (χ3v) is 2.85. The standard InChI is InChI=1S/C12H19NO3/c1-4-9-12(16)11(15)5-6-13(9)10(7-14)8(2)3/h5-6,8,10,14,16H,4,7H2,1-3H3/t10-/m1/s1. The van der Waals surface area contributed by atoms with Crippen LogP contribution < -0.4 is 5.43 Å². The lowest BCUT2D eigenvalue weighted by atomic mass is 10.0. The largest absolute Gasteiger partial charge is 0.503 e. The van der Waals surface area contributed by atoms with E-state index in [-0.39, 0.29) is 29.7 Å². The van der Waals surface area contributed by atoms with Gasteiger partial charge in [0.15, 0.2) is 5.75 Å². The van der Waals surface area contributed by atoms with Crippen LogP contribution in [0.5, 0.6) is 5.75 Å². The Labute approximate surface area is 95.2 Å². The Bertz CT molecular complexity index is 409. The van der Waals surface area contributed by atoms with Crippen molar-refractivity contribution < 1.29 is 10.2 Å². The van der Waals surface area contributed by atoms with Crippen LogP contribution in [0, 0.1) is 5.92 Å². The Morgan fingerprint density at radius 3 is 2.50 bits per heavy atom. The average molecular weight is 225 g/mol. The minimum Gasteiger partial charge on any atom is -0.503 e. The van der Waals surface area contributed by atoms with Crippen LogP contribution in [-0.2, 0) is 6.42 Å². The summed E-state index contributed by atoms with van der Waals surface area (Å²) in [6.07, 6.45) is 2.20. The van der Waals surface area contributed by atoms with E-state index >= 15 is 0 Å². The molecule has 0 aliphatic heterocycles. The summed E-state index contributed by atoms with van der Waals surface area (Å²) in [7, 11) is 0. The molecular formula is C12H19NO3. The van der Waals surface area contributed by atoms with Gasteiger partial charge < -0.3 is 14.8 Å². The molecule has 0 saturated carbocycles. The van der Waals surface area contributed by atoms with E-state index in [0.717, 1.165) is 0 Å². The van der Waals surface area contributed by atoms with E-state index in [9.17, 15) is 15.0 Å². The minimum atomic E-state index is -0.367. The monoisotopic (exact) mass is 225 g/mol. The predicted molar refractivity (Wildman–Crippen MR) is 62.7 cm³/mol. The lowest BCUT2D eigenvalue weighted by Gasteiger charge is -2.25. The first-order valence-electron chi connectivity index (χ1n) is 5.56. The van der Waals surface area contributed by atoms with Gasteiger partial charge in [0.25, 0.3) is 0 Å². The predicted octanol–water partition coefficient (Wildman–Crippen LogP) is 1.31. The molecular weight excluding hydrogens is 206 g/mol. The van der Waals surface area contributed by atoms with E-state index in [1.165, 1.54) is 6.07 Å². The van der Waals surface area contributed by atoms with Crippen LogP contribution in [0.1, 0.15) is 32.5 Å². The highest BCUT2D eigenvalue weighted by atomic mass is 16.3. The van der Waals surface area contributed by atoms with Gasteiger partial charge in [0.05, 0.1) is 18.3 Å². The van der Waals surface area contributed by atoms with Crippen molar-refractivity contribution in [3.63, 3.8) is 0 Å². The third-order valence-electron chi connectivity index (χ3n) is 2.85. The van der Waals surface area contributed by atoms with E-state index in [2.05, 4.69) is 0 Å². The van der Waals surface area contributed by atoms with Gasteiger partial charge in [-0.1, -0.05) is 20.8 Å². The zero-order valence-corrected chi connectivity index (χ0v) is 9.97. The summed E-state index contributed by atoms with van der Waals surface area (Å²) < 4.78 is 1.79. The van der Waals surface area contributed by atoms with Crippen molar-refractivity contribution in [2.24, 2.45) is 5.92 Å². The van der Waals surface area contributed by atoms with Gasteiger partial charge in [-0.3, -0.25) is 4.79 Å². The fourth-order valence-electron chi connectivity index (χ4n) is 1.86. The first kappa shape index (κ1) is 12.8. The number of hydrogen-bond acceptors (Lipinski definition) is 3. The van der Waals surface area contributed by atoms with E-state index in [1.54, 1.807) is 10.8 Å². The van der Waals surface area contributed by atoms with Crippen LogP contribution in [0.3, 0.4) is 0 Å². The summed E-state index contributed by atoms with van der Waals surface area (Å²) in [5, 5.41) is 19.0. The van der Waals surface area contributed by atoms with E-state index in [0.29, 0.717) is 12.1 Å². The molecule has 1 aromatic rings. The number of pyridine rings is 1. The molecule has 0 saturated heterocycles. The Morgan fingerprint density at radius 2 is 2.06 bits per heavy atom. The van der Waals surface area contributed by atoms with Crippen LogP contribution in [0.4, 0.5) is 0 Å². The van der Waals surface area contributed by atoms with Crippen molar-refractivity contribution in [1.82, 2.24) is 4.57 Å². The molecule has 90 valence electrons. The molecule has 0 aliphatic rings. The zero-order chi connectivity index (χ0) is 12.3. The van der Waals surface area contributed by atoms with E-state index in [1.807, 2.05) is 20.8 Å². The molecule has 0 aliphatic carbocycles. The molecule has 1 heterocycles. The van der Waals surface area contributed by atoms with Crippen LogP contribution in [0.2, 0.25) is 0 Å². The minimum absolute atomic E-state index is 0.00697. The summed E-state index contributed by atoms with van der Waals surface area (Å²) in [6.45, 7) is 5.86. The van der Waals surface area contributed by atoms with Crippen molar-refractivity contribution in [2.45, 2.75) is 33.2 Å². The molecule has 0 aromatic carbocycles. The van der Waals surface area contributed by atoms with E-state index in [4.69, 9.17) is 0 Å². The first-order chi connectivity index (χ1) is 7.52. The average Bonchev–Trinajstić information content (AvgIpc) is 2.24. The Kier molecular flexibility index (Phi) is 4.12. The number of hydrogen-bond donors (Lipinski definition) is 2. The van der Waals surface area contributed by atoms with Gasteiger partial charge in [0.2, 0.25) is 5.43 Å². The van der Waals surface area contributed by atoms with Crippen molar-refractivity contribution in [2.75, 3.05) is 6.61 Å². The summed E-state index contributed by atoms with van der Waals surface area (Å²) in [5.74, 6) is 0.0290. The SMILES string of the molecule is CCc1c(O)c(=O)ccn1[C@H](CO)C(C)C. The summed E-state index contributed by atoms with van der Waals surface area (Å²) in [4.78, 5) is 11.3. The Morgan fingerprint density at radius 1 is 1.44 bits per heavy atom. The second-order valence-electron chi connectivity index (χ2n) is 4.23. The highest BCUT2D eigenvalue weighted by Gasteiger charge is 2.18. The van der Waals surface area contributed by atoms with Crippen LogP contribution in [0.15, 0.2) is 17.1 Å². The van der Waals surface area contributed by atoms with Crippen molar-refractivity contribution in [3.8, 4) is 5.75 Å². The van der Waals surface area contributed by atoms with Gasteiger partial charge in [-0.15, -0.1) is 0 Å². The molecule has 2 N–H and O–H groups in total. The summed E-state index contributed by atoms with van der Waals surface area (Å²) >= 11 is 0. The fraction of sp³-hybridized carbons (Fsp3) is 0.583. The van der Waals surface area contributed by atoms with Gasteiger partial charge in [-0.25, -0.2) is 0 Å². The molecule has 0 bridgehead atoms. The van der Waals surface area contributed by atoms with Gasteiger partial charge in [-0.2, -0.15) is 0 Å². The number of aromatic hydroxyl groups is 1. The van der Waals surface area contributed by atoms with Crippen LogP contribution in [-0.4, -0.2) is 21.4 Å². The molecule has 0 spiro atoms. The Hall–Kier alpha value is -1.29. The number of aromatic nitrogens is 1. The fourth-order valence-corrected chi connectivity index (χ4v) is 1.86. The molecule has 1 atom stereocenters. The second-order valence-corrected chi connectivity index (χ2v) is 4.23. The lowest BCUT2D eigenvalue weighted by Crippen LogP contribution is -2.23. The summed E-state index contributed by atoms with van der Waals surface area (Å²) in [5.41, 5.74) is 0.216. The third kappa shape index (κ3) is 2.27. The molecule has 16 heavy (non-hydrogen) atoms. The lowest BCUT2D eigenvalue weighted by molar-refractivity contribution is 0.189. The molecule has 0 amide bonds.